The molecule has 0 atom stereocenters. The van der Waals surface area contributed by atoms with E-state index in [1.54, 1.807) is 23.5 Å². The van der Waals surface area contributed by atoms with Gasteiger partial charge in [0.05, 0.1) is 11.4 Å². The molecule has 0 unspecified atom stereocenters. The molecule has 2 heterocycles. The Morgan fingerprint density at radius 1 is 1.23 bits per heavy atom. The molecule has 26 heavy (non-hydrogen) atoms. The molecule has 3 rings (SSSR count). The molecule has 3 aromatic rings. The van der Waals surface area contributed by atoms with Gasteiger partial charge in [0.1, 0.15) is 11.4 Å². The Bertz CT molecular complexity index is 935. The first kappa shape index (κ1) is 17.9. The van der Waals surface area contributed by atoms with Gasteiger partial charge in [-0.1, -0.05) is 18.2 Å². The number of rotatable bonds is 7. The normalized spacial score (nSPS) is 10.5. The summed E-state index contributed by atoms with van der Waals surface area (Å²) in [6, 6.07) is 14.6. The summed E-state index contributed by atoms with van der Waals surface area (Å²) in [7, 11) is 0. The Hall–Kier alpha value is -2.93. The number of benzene rings is 1. The second-order valence-electron chi connectivity index (χ2n) is 5.71. The van der Waals surface area contributed by atoms with Gasteiger partial charge in [-0.05, 0) is 42.1 Å². The van der Waals surface area contributed by atoms with E-state index in [2.05, 4.69) is 10.4 Å². The summed E-state index contributed by atoms with van der Waals surface area (Å²) in [5.74, 6) is 0.413. The number of hydrogen-bond donors (Lipinski definition) is 1. The van der Waals surface area contributed by atoms with Crippen molar-refractivity contribution in [2.75, 3.05) is 13.2 Å². The van der Waals surface area contributed by atoms with Gasteiger partial charge in [-0.15, -0.1) is 11.3 Å². The van der Waals surface area contributed by atoms with Crippen molar-refractivity contribution in [3.8, 4) is 16.3 Å². The summed E-state index contributed by atoms with van der Waals surface area (Å²) >= 11 is 1.56. The Kier molecular flexibility index (Phi) is 5.80. The molecule has 6 nitrogen and oxygen atoms in total. The van der Waals surface area contributed by atoms with Crippen LogP contribution in [-0.4, -0.2) is 28.8 Å². The van der Waals surface area contributed by atoms with Crippen molar-refractivity contribution >= 4 is 17.2 Å². The second-order valence-corrected chi connectivity index (χ2v) is 6.66. The monoisotopic (exact) mass is 369 g/mol. The first-order chi connectivity index (χ1) is 12.6. The zero-order chi connectivity index (χ0) is 18.4. The SMILES string of the molecule is Cc1cccc(OCC(=O)NCCn2nc(-c3cccs3)ccc2=O)c1. The molecule has 2 aromatic heterocycles. The van der Waals surface area contributed by atoms with Crippen molar-refractivity contribution < 1.29 is 9.53 Å². The van der Waals surface area contributed by atoms with E-state index in [0.717, 1.165) is 16.1 Å². The number of aromatic nitrogens is 2. The lowest BCUT2D eigenvalue weighted by Crippen LogP contribution is -2.34. The van der Waals surface area contributed by atoms with E-state index in [1.807, 2.05) is 42.6 Å². The van der Waals surface area contributed by atoms with Crippen molar-refractivity contribution in [1.29, 1.82) is 0 Å². The van der Waals surface area contributed by atoms with Gasteiger partial charge in [0.15, 0.2) is 6.61 Å². The van der Waals surface area contributed by atoms with Crippen molar-refractivity contribution in [1.82, 2.24) is 15.1 Å². The van der Waals surface area contributed by atoms with E-state index in [1.165, 1.54) is 10.7 Å². The van der Waals surface area contributed by atoms with E-state index in [9.17, 15) is 9.59 Å². The predicted molar refractivity (Wildman–Crippen MR) is 101 cm³/mol. The summed E-state index contributed by atoms with van der Waals surface area (Å²) in [4.78, 5) is 24.8. The maximum atomic E-state index is 11.9. The van der Waals surface area contributed by atoms with Gasteiger partial charge in [-0.2, -0.15) is 5.10 Å². The lowest BCUT2D eigenvalue weighted by molar-refractivity contribution is -0.123. The van der Waals surface area contributed by atoms with Gasteiger partial charge in [-0.3, -0.25) is 9.59 Å². The van der Waals surface area contributed by atoms with Crippen LogP contribution >= 0.6 is 11.3 Å². The van der Waals surface area contributed by atoms with Crippen molar-refractivity contribution in [3.63, 3.8) is 0 Å². The fraction of sp³-hybridized carbons (Fsp3) is 0.211. The van der Waals surface area contributed by atoms with Crippen molar-refractivity contribution in [2.24, 2.45) is 0 Å². The Morgan fingerprint density at radius 2 is 2.12 bits per heavy atom. The van der Waals surface area contributed by atoms with Crippen LogP contribution in [-0.2, 0) is 11.3 Å². The van der Waals surface area contributed by atoms with Crippen LogP contribution in [0.5, 0.6) is 5.75 Å². The summed E-state index contributed by atoms with van der Waals surface area (Å²) < 4.78 is 6.81. The van der Waals surface area contributed by atoms with Gasteiger partial charge in [-0.25, -0.2) is 4.68 Å². The number of nitrogens with zero attached hydrogens (tertiary/aromatic N) is 2. The van der Waals surface area contributed by atoms with E-state index in [-0.39, 0.29) is 18.1 Å². The number of ether oxygens (including phenoxy) is 1. The minimum atomic E-state index is -0.242. The molecule has 0 spiro atoms. The molecule has 0 aliphatic heterocycles. The maximum absolute atomic E-state index is 11.9. The lowest BCUT2D eigenvalue weighted by Gasteiger charge is -2.09. The molecule has 1 amide bonds. The van der Waals surface area contributed by atoms with Crippen molar-refractivity contribution in [3.05, 3.63) is 69.8 Å². The van der Waals surface area contributed by atoms with Crippen LogP contribution in [0.25, 0.3) is 10.6 Å². The number of nitrogens with one attached hydrogen (secondary N) is 1. The third-order valence-corrected chi connectivity index (χ3v) is 4.54. The molecule has 0 radical (unpaired) electrons. The highest BCUT2D eigenvalue weighted by molar-refractivity contribution is 7.13. The molecular weight excluding hydrogens is 350 g/mol. The molecule has 0 bridgehead atoms. The second kappa shape index (κ2) is 8.44. The molecule has 134 valence electrons. The Morgan fingerprint density at radius 3 is 2.88 bits per heavy atom. The topological polar surface area (TPSA) is 73.2 Å². The lowest BCUT2D eigenvalue weighted by atomic mass is 10.2. The number of thiophene rings is 1. The minimum Gasteiger partial charge on any atom is -0.484 e. The van der Waals surface area contributed by atoms with Crippen LogP contribution in [0.2, 0.25) is 0 Å². The summed E-state index contributed by atoms with van der Waals surface area (Å²) in [6.07, 6.45) is 0. The predicted octanol–water partition coefficient (Wildman–Crippen LogP) is 2.48. The zero-order valence-corrected chi connectivity index (χ0v) is 15.2. The summed E-state index contributed by atoms with van der Waals surface area (Å²) in [5, 5.41) is 9.04. The van der Waals surface area contributed by atoms with Crippen LogP contribution < -0.4 is 15.6 Å². The number of amides is 1. The average molecular weight is 369 g/mol. The molecule has 0 saturated heterocycles. The highest BCUT2D eigenvalue weighted by atomic mass is 32.1. The number of aryl methyl sites for hydroxylation is 1. The maximum Gasteiger partial charge on any atom is 0.266 e. The molecule has 7 heteroatoms. The molecule has 0 aliphatic carbocycles. The van der Waals surface area contributed by atoms with Gasteiger partial charge < -0.3 is 10.1 Å². The van der Waals surface area contributed by atoms with Crippen LogP contribution in [0.1, 0.15) is 5.56 Å². The van der Waals surface area contributed by atoms with E-state index < -0.39 is 0 Å². The quantitative estimate of drug-likeness (QED) is 0.694. The smallest absolute Gasteiger partial charge is 0.266 e. The Labute approximate surface area is 155 Å². The van der Waals surface area contributed by atoms with Gasteiger partial charge in [0.25, 0.3) is 11.5 Å². The summed E-state index contributed by atoms with van der Waals surface area (Å²) in [6.45, 7) is 2.49. The zero-order valence-electron chi connectivity index (χ0n) is 14.3. The van der Waals surface area contributed by atoms with Gasteiger partial charge in [0.2, 0.25) is 0 Å². The van der Waals surface area contributed by atoms with Gasteiger partial charge in [0, 0.05) is 12.6 Å². The average Bonchev–Trinajstić information content (AvgIpc) is 3.16. The molecular formula is C19H19N3O3S. The molecule has 0 fully saturated rings. The standard InChI is InChI=1S/C19H19N3O3S/c1-14-4-2-5-15(12-14)25-13-18(23)20-9-10-22-19(24)8-7-16(21-22)17-6-3-11-26-17/h2-8,11-12H,9-10,13H2,1H3,(H,20,23). The van der Waals surface area contributed by atoms with E-state index in [0.29, 0.717) is 18.8 Å². The third kappa shape index (κ3) is 4.80. The number of hydrogen-bond acceptors (Lipinski definition) is 5. The Balaban J connectivity index is 1.50. The van der Waals surface area contributed by atoms with Crippen LogP contribution in [0.15, 0.2) is 58.7 Å². The highest BCUT2D eigenvalue weighted by Gasteiger charge is 2.06. The van der Waals surface area contributed by atoms with Crippen molar-refractivity contribution in [2.45, 2.75) is 13.5 Å². The number of carbonyl (C=O) groups excluding carboxylic acids is 1. The summed E-state index contributed by atoms with van der Waals surface area (Å²) in [5.41, 5.74) is 1.61. The van der Waals surface area contributed by atoms with Crippen LogP contribution in [0.4, 0.5) is 0 Å². The van der Waals surface area contributed by atoms with E-state index in [4.69, 9.17) is 4.74 Å². The molecule has 1 aromatic carbocycles. The van der Waals surface area contributed by atoms with E-state index >= 15 is 0 Å². The number of carbonyl (C=O) groups is 1. The molecule has 0 saturated carbocycles. The minimum absolute atomic E-state index is 0.0684. The van der Waals surface area contributed by atoms with Crippen LogP contribution in [0.3, 0.4) is 0 Å². The largest absolute Gasteiger partial charge is 0.484 e. The third-order valence-electron chi connectivity index (χ3n) is 3.65. The fourth-order valence-corrected chi connectivity index (χ4v) is 3.06. The first-order valence-corrected chi connectivity index (χ1v) is 9.08. The fourth-order valence-electron chi connectivity index (χ4n) is 2.37. The van der Waals surface area contributed by atoms with Gasteiger partial charge >= 0.3 is 0 Å². The van der Waals surface area contributed by atoms with Crippen LogP contribution in [0, 0.1) is 6.92 Å². The first-order valence-electron chi connectivity index (χ1n) is 8.20. The molecule has 1 N–H and O–H groups in total. The highest BCUT2D eigenvalue weighted by Crippen LogP contribution is 2.20. The molecule has 0 aliphatic rings.